The molecule has 3 aromatic rings. The van der Waals surface area contributed by atoms with E-state index in [0.29, 0.717) is 5.56 Å². The Labute approximate surface area is 133 Å². The van der Waals surface area contributed by atoms with Crippen LogP contribution in [-0.4, -0.2) is 10.5 Å². The van der Waals surface area contributed by atoms with E-state index in [-0.39, 0.29) is 5.91 Å². The van der Waals surface area contributed by atoms with Crippen LogP contribution in [0.5, 0.6) is 0 Å². The second kappa shape index (κ2) is 6.54. The maximum Gasteiger partial charge on any atom is 0.279 e. The largest absolute Gasteiger partial charge is 0.317 e. The average Bonchev–Trinajstić information content (AvgIpc) is 2.99. The fraction of sp³-hybridized carbons (Fsp3) is 0.111. The predicted octanol–water partition coefficient (Wildman–Crippen LogP) is 3.98. The molecule has 2 aromatic carbocycles. The maximum atomic E-state index is 12.3. The molecule has 3 rings (SSSR count). The molecule has 3 nitrogen and oxygen atoms in total. The lowest BCUT2D eigenvalue weighted by Gasteiger charge is -2.05. The molecular weight excluding hydrogens is 292 g/mol. The molecule has 0 spiro atoms. The summed E-state index contributed by atoms with van der Waals surface area (Å²) in [4.78, 5) is 17.3. The van der Waals surface area contributed by atoms with Crippen molar-refractivity contribution in [3.05, 3.63) is 76.4 Å². The van der Waals surface area contributed by atoms with E-state index in [1.807, 2.05) is 36.4 Å². The van der Waals surface area contributed by atoms with Crippen LogP contribution in [0.1, 0.15) is 17.3 Å². The van der Waals surface area contributed by atoms with Crippen molar-refractivity contribution in [1.29, 1.82) is 0 Å². The summed E-state index contributed by atoms with van der Waals surface area (Å²) in [5, 5.41) is 2.05. The van der Waals surface area contributed by atoms with Crippen molar-refractivity contribution in [1.82, 2.24) is 4.57 Å². The van der Waals surface area contributed by atoms with Gasteiger partial charge in [0.05, 0.1) is 5.69 Å². The van der Waals surface area contributed by atoms with E-state index in [1.54, 1.807) is 12.1 Å². The second-order valence-corrected chi connectivity index (χ2v) is 5.63. The zero-order valence-corrected chi connectivity index (χ0v) is 13.1. The van der Waals surface area contributed by atoms with Crippen LogP contribution in [0.25, 0.3) is 11.3 Å². The fourth-order valence-corrected chi connectivity index (χ4v) is 3.27. The predicted molar refractivity (Wildman–Crippen MR) is 89.8 cm³/mol. The Balaban J connectivity index is 2.04. The molecule has 0 aliphatic carbocycles. The van der Waals surface area contributed by atoms with Crippen molar-refractivity contribution in [2.75, 3.05) is 0 Å². The maximum absolute atomic E-state index is 12.3. The highest BCUT2D eigenvalue weighted by Crippen LogP contribution is 2.19. The van der Waals surface area contributed by atoms with E-state index >= 15 is 0 Å². The van der Waals surface area contributed by atoms with Gasteiger partial charge in [0.1, 0.15) is 0 Å². The molecule has 0 saturated heterocycles. The van der Waals surface area contributed by atoms with Crippen molar-refractivity contribution < 1.29 is 4.79 Å². The van der Waals surface area contributed by atoms with Crippen LogP contribution in [-0.2, 0) is 6.54 Å². The first-order chi connectivity index (χ1) is 10.8. The minimum Gasteiger partial charge on any atom is -0.317 e. The van der Waals surface area contributed by atoms with E-state index in [2.05, 4.69) is 34.0 Å². The van der Waals surface area contributed by atoms with Crippen LogP contribution in [0, 0.1) is 0 Å². The molecule has 0 unspecified atom stereocenters. The number of aromatic nitrogens is 1. The van der Waals surface area contributed by atoms with Gasteiger partial charge in [-0.25, -0.2) is 0 Å². The highest BCUT2D eigenvalue weighted by Gasteiger charge is 2.08. The minimum absolute atomic E-state index is 0.204. The molecule has 1 amide bonds. The fourth-order valence-electron chi connectivity index (χ4n) is 2.30. The Morgan fingerprint density at radius 3 is 2.32 bits per heavy atom. The smallest absolute Gasteiger partial charge is 0.279 e. The summed E-state index contributed by atoms with van der Waals surface area (Å²) in [6.07, 6.45) is 0. The van der Waals surface area contributed by atoms with Gasteiger partial charge >= 0.3 is 0 Å². The molecule has 0 aliphatic heterocycles. The molecule has 0 aliphatic rings. The number of nitrogens with zero attached hydrogens (tertiary/aromatic N) is 2. The van der Waals surface area contributed by atoms with Crippen molar-refractivity contribution in [3.63, 3.8) is 0 Å². The standard InChI is InChI=1S/C18H16N2OS/c1-2-20-16(14-9-5-3-6-10-14)13-22-18(20)19-17(21)15-11-7-4-8-12-15/h3-13H,2H2,1H3. The van der Waals surface area contributed by atoms with Gasteiger partial charge in [0.15, 0.2) is 4.80 Å². The Kier molecular flexibility index (Phi) is 4.30. The van der Waals surface area contributed by atoms with Crippen LogP contribution in [0.4, 0.5) is 0 Å². The second-order valence-electron chi connectivity index (χ2n) is 4.80. The van der Waals surface area contributed by atoms with Crippen LogP contribution in [0.15, 0.2) is 71.0 Å². The summed E-state index contributed by atoms with van der Waals surface area (Å²) < 4.78 is 2.07. The van der Waals surface area contributed by atoms with Gasteiger partial charge in [-0.3, -0.25) is 4.79 Å². The first-order valence-corrected chi connectivity index (χ1v) is 8.05. The van der Waals surface area contributed by atoms with Gasteiger partial charge in [0, 0.05) is 17.5 Å². The molecule has 0 fully saturated rings. The third-order valence-corrected chi connectivity index (χ3v) is 4.26. The average molecular weight is 308 g/mol. The number of benzene rings is 2. The van der Waals surface area contributed by atoms with Crippen molar-refractivity contribution >= 4 is 17.2 Å². The third-order valence-electron chi connectivity index (χ3n) is 3.40. The van der Waals surface area contributed by atoms with E-state index in [9.17, 15) is 4.79 Å². The Bertz CT molecular complexity index is 832. The molecule has 0 bridgehead atoms. The lowest BCUT2D eigenvalue weighted by Crippen LogP contribution is -2.17. The highest BCUT2D eigenvalue weighted by molar-refractivity contribution is 7.07. The summed E-state index contributed by atoms with van der Waals surface area (Å²) in [6, 6.07) is 19.3. The minimum atomic E-state index is -0.204. The molecular formula is C18H16N2OS. The number of thiazole rings is 1. The molecule has 0 radical (unpaired) electrons. The van der Waals surface area contributed by atoms with Gasteiger partial charge < -0.3 is 4.57 Å². The monoisotopic (exact) mass is 308 g/mol. The quantitative estimate of drug-likeness (QED) is 0.720. The van der Waals surface area contributed by atoms with E-state index in [1.165, 1.54) is 11.3 Å². The molecule has 0 atom stereocenters. The lowest BCUT2D eigenvalue weighted by molar-refractivity contribution is 0.0998. The molecule has 1 heterocycles. The van der Waals surface area contributed by atoms with E-state index in [4.69, 9.17) is 0 Å². The van der Waals surface area contributed by atoms with Crippen LogP contribution in [0.3, 0.4) is 0 Å². The first-order valence-electron chi connectivity index (χ1n) is 7.17. The number of carbonyl (C=O) groups excluding carboxylic acids is 1. The molecule has 1 aromatic heterocycles. The van der Waals surface area contributed by atoms with Crippen molar-refractivity contribution in [2.45, 2.75) is 13.5 Å². The van der Waals surface area contributed by atoms with Gasteiger partial charge in [-0.05, 0) is 24.6 Å². The van der Waals surface area contributed by atoms with Gasteiger partial charge in [-0.1, -0.05) is 48.5 Å². The van der Waals surface area contributed by atoms with Gasteiger partial charge in [0.2, 0.25) is 0 Å². The van der Waals surface area contributed by atoms with Crippen LogP contribution >= 0.6 is 11.3 Å². The zero-order valence-electron chi connectivity index (χ0n) is 12.3. The summed E-state index contributed by atoms with van der Waals surface area (Å²) in [6.45, 7) is 2.83. The van der Waals surface area contributed by atoms with Crippen LogP contribution in [0.2, 0.25) is 0 Å². The van der Waals surface area contributed by atoms with E-state index in [0.717, 1.165) is 22.6 Å². The summed E-state index contributed by atoms with van der Waals surface area (Å²) in [7, 11) is 0. The molecule has 4 heteroatoms. The zero-order chi connectivity index (χ0) is 15.4. The summed E-state index contributed by atoms with van der Waals surface area (Å²) in [5.74, 6) is -0.204. The van der Waals surface area contributed by atoms with Crippen molar-refractivity contribution in [2.24, 2.45) is 4.99 Å². The molecule has 22 heavy (non-hydrogen) atoms. The normalized spacial score (nSPS) is 11.6. The third kappa shape index (κ3) is 2.92. The van der Waals surface area contributed by atoms with Gasteiger partial charge in [0.25, 0.3) is 5.91 Å². The van der Waals surface area contributed by atoms with Gasteiger partial charge in [-0.15, -0.1) is 11.3 Å². The molecule has 0 saturated carbocycles. The Morgan fingerprint density at radius 2 is 1.68 bits per heavy atom. The highest BCUT2D eigenvalue weighted by atomic mass is 32.1. The lowest BCUT2D eigenvalue weighted by atomic mass is 10.2. The number of amides is 1. The summed E-state index contributed by atoms with van der Waals surface area (Å²) in [5.41, 5.74) is 2.83. The SMILES string of the molecule is CCn1c(-c2ccccc2)csc1=NC(=O)c1ccccc1. The van der Waals surface area contributed by atoms with Crippen molar-refractivity contribution in [3.8, 4) is 11.3 Å². The molecule has 110 valence electrons. The molecule has 0 N–H and O–H groups in total. The topological polar surface area (TPSA) is 34.4 Å². The number of hydrogen-bond donors (Lipinski definition) is 0. The van der Waals surface area contributed by atoms with Gasteiger partial charge in [-0.2, -0.15) is 4.99 Å². The Hall–Kier alpha value is -2.46. The summed E-state index contributed by atoms with van der Waals surface area (Å²) >= 11 is 1.49. The van der Waals surface area contributed by atoms with Crippen LogP contribution < -0.4 is 4.80 Å². The number of rotatable bonds is 3. The number of hydrogen-bond acceptors (Lipinski definition) is 2. The number of carbonyl (C=O) groups is 1. The first kappa shape index (κ1) is 14.5. The van der Waals surface area contributed by atoms with E-state index < -0.39 is 0 Å². The Morgan fingerprint density at radius 1 is 1.05 bits per heavy atom.